The summed E-state index contributed by atoms with van der Waals surface area (Å²) in [7, 11) is 0. The zero-order chi connectivity index (χ0) is 22.5. The van der Waals surface area contributed by atoms with E-state index in [1.165, 1.54) is 19.3 Å². The summed E-state index contributed by atoms with van der Waals surface area (Å²) in [6.45, 7) is 1.93. The van der Waals surface area contributed by atoms with Crippen molar-refractivity contribution in [3.63, 3.8) is 0 Å². The van der Waals surface area contributed by atoms with Crippen molar-refractivity contribution in [3.05, 3.63) is 95.7 Å². The van der Waals surface area contributed by atoms with Gasteiger partial charge in [0.2, 0.25) is 0 Å². The first-order valence-corrected chi connectivity index (χ1v) is 9.94. The lowest BCUT2D eigenvalue weighted by atomic mass is 10.0. The Bertz CT molecular complexity index is 1230. The lowest BCUT2D eigenvalue weighted by Gasteiger charge is -2.15. The van der Waals surface area contributed by atoms with Crippen LogP contribution in [0.5, 0.6) is 11.5 Å². The highest BCUT2D eigenvalue weighted by molar-refractivity contribution is 6.09. The van der Waals surface area contributed by atoms with E-state index in [4.69, 9.17) is 14.6 Å². The summed E-state index contributed by atoms with van der Waals surface area (Å²) in [5, 5.41) is 21.0. The van der Waals surface area contributed by atoms with Crippen molar-refractivity contribution in [1.29, 1.82) is 5.41 Å². The third-order valence-electron chi connectivity index (χ3n) is 4.76. The van der Waals surface area contributed by atoms with Crippen LogP contribution in [0.25, 0.3) is 11.5 Å². The van der Waals surface area contributed by atoms with Crippen molar-refractivity contribution in [3.8, 4) is 23.0 Å². The number of hydrogen-bond donors (Lipinski definition) is 3. The molecule has 0 aliphatic rings. The second-order valence-corrected chi connectivity index (χ2v) is 7.10. The molecule has 0 aliphatic carbocycles. The molecule has 4 aromatic rings. The van der Waals surface area contributed by atoms with E-state index in [2.05, 4.69) is 10.3 Å². The van der Waals surface area contributed by atoms with Crippen LogP contribution >= 0.6 is 0 Å². The molecule has 0 saturated heterocycles. The Morgan fingerprint density at radius 1 is 1.06 bits per heavy atom. The quantitative estimate of drug-likeness (QED) is 0.305. The molecule has 32 heavy (non-hydrogen) atoms. The van der Waals surface area contributed by atoms with Crippen molar-refractivity contribution in [2.75, 3.05) is 5.32 Å². The number of hydrogen-bond acceptors (Lipinski definition) is 6. The Kier molecular flexibility index (Phi) is 5.98. The van der Waals surface area contributed by atoms with Crippen LogP contribution in [0.15, 0.2) is 83.5 Å². The maximum atomic E-state index is 11.9. The van der Waals surface area contributed by atoms with Crippen LogP contribution in [0.3, 0.4) is 0 Å². The van der Waals surface area contributed by atoms with E-state index < -0.39 is 5.97 Å². The van der Waals surface area contributed by atoms with Crippen molar-refractivity contribution in [2.45, 2.75) is 13.5 Å². The molecule has 0 bridgehead atoms. The number of pyridine rings is 1. The summed E-state index contributed by atoms with van der Waals surface area (Å²) in [6.07, 6.45) is 1.50. The molecule has 0 aliphatic heterocycles. The molecule has 0 saturated carbocycles. The predicted octanol–water partition coefficient (Wildman–Crippen LogP) is 5.83. The van der Waals surface area contributed by atoms with Crippen LogP contribution in [0, 0.1) is 5.41 Å². The van der Waals surface area contributed by atoms with Gasteiger partial charge in [-0.3, -0.25) is 0 Å². The maximum Gasteiger partial charge on any atom is 0.336 e. The maximum absolute atomic E-state index is 11.9. The van der Waals surface area contributed by atoms with Crippen LogP contribution in [-0.2, 0) is 6.54 Å². The molecule has 4 rings (SSSR count). The summed E-state index contributed by atoms with van der Waals surface area (Å²) in [5.41, 5.74) is 1.67. The minimum absolute atomic E-state index is 0.00647. The average Bonchev–Trinajstić information content (AvgIpc) is 3.33. The molecule has 2 heterocycles. The standard InChI is InChI=1S/C25H21N3O4/c1-16(26)23-20(25(29)30)14-21(22-8-5-13-31-22)28-24(23)27-15-17-9-11-19(12-10-17)32-18-6-3-2-4-7-18/h2-14,26H,15H2,1H3,(H,27,28)(H,29,30). The number of furan rings is 1. The van der Waals surface area contributed by atoms with Gasteiger partial charge in [-0.05, 0) is 55.0 Å². The van der Waals surface area contributed by atoms with Crippen molar-refractivity contribution in [1.82, 2.24) is 4.98 Å². The Hall–Kier alpha value is -4.39. The fourth-order valence-electron chi connectivity index (χ4n) is 3.26. The molecule has 0 fully saturated rings. The van der Waals surface area contributed by atoms with E-state index in [0.29, 0.717) is 29.6 Å². The minimum atomic E-state index is -1.13. The van der Waals surface area contributed by atoms with Crippen LogP contribution in [0.4, 0.5) is 5.82 Å². The molecular formula is C25H21N3O4. The number of aromatic nitrogens is 1. The van der Waals surface area contributed by atoms with Gasteiger partial charge in [0.15, 0.2) is 5.76 Å². The first-order chi connectivity index (χ1) is 15.5. The zero-order valence-electron chi connectivity index (χ0n) is 17.3. The fourth-order valence-corrected chi connectivity index (χ4v) is 3.26. The Morgan fingerprint density at radius 3 is 2.41 bits per heavy atom. The molecule has 0 spiro atoms. The monoisotopic (exact) mass is 427 g/mol. The van der Waals surface area contributed by atoms with Crippen molar-refractivity contribution >= 4 is 17.5 Å². The molecule has 2 aromatic heterocycles. The van der Waals surface area contributed by atoms with E-state index in [0.717, 1.165) is 11.3 Å². The average molecular weight is 427 g/mol. The van der Waals surface area contributed by atoms with Gasteiger partial charge in [0, 0.05) is 12.3 Å². The van der Waals surface area contributed by atoms with E-state index in [-0.39, 0.29) is 16.8 Å². The topological polar surface area (TPSA) is 108 Å². The van der Waals surface area contributed by atoms with E-state index in [9.17, 15) is 9.90 Å². The molecule has 3 N–H and O–H groups in total. The van der Waals surface area contributed by atoms with E-state index >= 15 is 0 Å². The summed E-state index contributed by atoms with van der Waals surface area (Å²) < 4.78 is 11.2. The van der Waals surface area contributed by atoms with Gasteiger partial charge in [0.25, 0.3) is 0 Å². The summed E-state index contributed by atoms with van der Waals surface area (Å²) in [6, 6.07) is 21.9. The minimum Gasteiger partial charge on any atom is -0.478 e. The number of carboxylic acid groups (broad SMARTS) is 1. The number of nitrogens with one attached hydrogen (secondary N) is 2. The van der Waals surface area contributed by atoms with Gasteiger partial charge in [-0.1, -0.05) is 30.3 Å². The van der Waals surface area contributed by atoms with Gasteiger partial charge in [-0.2, -0.15) is 0 Å². The molecule has 0 amide bonds. The van der Waals surface area contributed by atoms with E-state index in [1.54, 1.807) is 12.1 Å². The molecule has 0 unspecified atom stereocenters. The van der Waals surface area contributed by atoms with Gasteiger partial charge >= 0.3 is 5.97 Å². The zero-order valence-corrected chi connectivity index (χ0v) is 17.3. The smallest absolute Gasteiger partial charge is 0.336 e. The first-order valence-electron chi connectivity index (χ1n) is 9.94. The highest BCUT2D eigenvalue weighted by Gasteiger charge is 2.20. The molecule has 0 radical (unpaired) electrons. The molecule has 2 aromatic carbocycles. The van der Waals surface area contributed by atoms with Gasteiger partial charge in [0.05, 0.1) is 17.4 Å². The largest absolute Gasteiger partial charge is 0.478 e. The van der Waals surface area contributed by atoms with Crippen molar-refractivity contribution in [2.24, 2.45) is 0 Å². The Balaban J connectivity index is 1.58. The first kappa shape index (κ1) is 20.9. The van der Waals surface area contributed by atoms with Gasteiger partial charge in [0.1, 0.15) is 23.0 Å². The van der Waals surface area contributed by atoms with Crippen molar-refractivity contribution < 1.29 is 19.1 Å². The molecule has 160 valence electrons. The predicted molar refractivity (Wildman–Crippen MR) is 122 cm³/mol. The third-order valence-corrected chi connectivity index (χ3v) is 4.76. The second kappa shape index (κ2) is 9.18. The molecular weight excluding hydrogens is 406 g/mol. The van der Waals surface area contributed by atoms with Crippen LogP contribution in [0.2, 0.25) is 0 Å². The number of ether oxygens (including phenoxy) is 1. The van der Waals surface area contributed by atoms with E-state index in [1.807, 2.05) is 54.6 Å². The SMILES string of the molecule is CC(=N)c1c(C(=O)O)cc(-c2ccco2)nc1NCc1ccc(Oc2ccccc2)cc1. The molecule has 7 heteroatoms. The number of aromatic carboxylic acids is 1. The Labute approximate surface area is 184 Å². The number of benzene rings is 2. The van der Waals surface area contributed by atoms with Gasteiger partial charge in [-0.25, -0.2) is 9.78 Å². The number of carboxylic acids is 1. The number of nitrogens with zero attached hydrogens (tertiary/aromatic N) is 1. The van der Waals surface area contributed by atoms with Crippen LogP contribution in [0.1, 0.15) is 28.4 Å². The summed E-state index contributed by atoms with van der Waals surface area (Å²) in [4.78, 5) is 16.4. The lowest BCUT2D eigenvalue weighted by Crippen LogP contribution is -2.14. The van der Waals surface area contributed by atoms with Crippen LogP contribution < -0.4 is 10.1 Å². The highest BCUT2D eigenvalue weighted by atomic mass is 16.5. The number of rotatable bonds is 8. The molecule has 0 atom stereocenters. The summed E-state index contributed by atoms with van der Waals surface area (Å²) in [5.74, 6) is 1.10. The third kappa shape index (κ3) is 4.67. The molecule has 7 nitrogen and oxygen atoms in total. The van der Waals surface area contributed by atoms with Gasteiger partial charge in [-0.15, -0.1) is 0 Å². The van der Waals surface area contributed by atoms with Crippen LogP contribution in [-0.4, -0.2) is 21.8 Å². The lowest BCUT2D eigenvalue weighted by molar-refractivity contribution is 0.0696. The number of anilines is 1. The Morgan fingerprint density at radius 2 is 1.78 bits per heavy atom. The fraction of sp³-hybridized carbons (Fsp3) is 0.0800. The van der Waals surface area contributed by atoms with Gasteiger partial charge < -0.3 is 25.0 Å². The highest BCUT2D eigenvalue weighted by Crippen LogP contribution is 2.27. The summed E-state index contributed by atoms with van der Waals surface area (Å²) >= 11 is 0. The number of carbonyl (C=O) groups is 1. The second-order valence-electron chi connectivity index (χ2n) is 7.10. The normalized spacial score (nSPS) is 10.5. The number of para-hydroxylation sites is 1.